The van der Waals surface area contributed by atoms with Gasteiger partial charge in [-0.2, -0.15) is 0 Å². The van der Waals surface area contributed by atoms with Crippen molar-refractivity contribution in [2.45, 2.75) is 120 Å². The van der Waals surface area contributed by atoms with E-state index in [2.05, 4.69) is 0 Å². The van der Waals surface area contributed by atoms with E-state index in [0.29, 0.717) is 5.56 Å². The Balaban J connectivity index is 1.69. The number of hydrogen-bond acceptors (Lipinski definition) is 17. The highest BCUT2D eigenvalue weighted by molar-refractivity contribution is 6.76. The predicted molar refractivity (Wildman–Crippen MR) is 220 cm³/mol. The summed E-state index contributed by atoms with van der Waals surface area (Å²) in [6.07, 6.45) is -14.3. The van der Waals surface area contributed by atoms with Crippen molar-refractivity contribution in [3.8, 4) is 0 Å². The second-order valence-electron chi connectivity index (χ2n) is 14.6. The molecule has 0 bridgehead atoms. The Labute approximate surface area is 377 Å². The lowest BCUT2D eigenvalue weighted by atomic mass is 9.93. The highest BCUT2D eigenvalue weighted by Gasteiger charge is 2.59. The van der Waals surface area contributed by atoms with Crippen LogP contribution >= 0.6 is 34.8 Å². The standard InChI is InChI=1S/C42H47Cl3N2O16/c1-21-22(2)38(53)47(37(21)52)31-34(56-18-28-15-11-8-12-16-28)32(29(19-54-17-27-13-9-7-10-14-27)60-39(31)63-41(46)42(43,44)45)62-40-36(59-26(6)51)35(58-25(5)50)33(57-24(4)49)30(61-40)20-55-23(3)48/h7-16,29-36,39-40,46H,17-20H2,1-6H3/t29-,30-,31-,32-,33+,34-,35+,36-,39+,40+/m1/s1. The van der Waals surface area contributed by atoms with E-state index in [1.165, 1.54) is 13.8 Å². The van der Waals surface area contributed by atoms with Crippen molar-refractivity contribution in [2.75, 3.05) is 13.2 Å². The smallest absolute Gasteiger partial charge is 0.303 e. The molecule has 0 unspecified atom stereocenters. The molecule has 1 N–H and O–H groups in total. The Morgan fingerprint density at radius 1 is 0.635 bits per heavy atom. The first-order valence-electron chi connectivity index (χ1n) is 19.5. The molecule has 0 spiro atoms. The quantitative estimate of drug-likeness (QED) is 0.0615. The molecular formula is C42H47Cl3N2O16. The zero-order valence-electron chi connectivity index (χ0n) is 35.0. The second kappa shape index (κ2) is 21.8. The lowest BCUT2D eigenvalue weighted by molar-refractivity contribution is -0.353. The van der Waals surface area contributed by atoms with E-state index in [1.54, 1.807) is 42.5 Å². The SMILES string of the molecule is CC(=O)OC[C@H]1O[C@@H](O[C@H]2[C@H](OCc3ccccc3)[C@@H](N3C(=O)C(C)=C(C)C3=O)[C@H](OC(=N)C(Cl)(Cl)Cl)O[C@@H]2COCc2ccccc2)[C@H](OC(C)=O)[C@@H](OC(C)=O)[C@H]1OC(C)=O. The maximum atomic E-state index is 14.1. The first-order chi connectivity index (χ1) is 29.8. The minimum atomic E-state index is -2.45. The summed E-state index contributed by atoms with van der Waals surface area (Å²) in [5, 5.41) is 8.54. The van der Waals surface area contributed by atoms with Crippen LogP contribution in [0, 0.1) is 5.41 Å². The third kappa shape index (κ3) is 12.8. The van der Waals surface area contributed by atoms with Crippen molar-refractivity contribution in [2.24, 2.45) is 0 Å². The van der Waals surface area contributed by atoms with Crippen LogP contribution in [-0.2, 0) is 89.3 Å². The van der Waals surface area contributed by atoms with Gasteiger partial charge >= 0.3 is 23.9 Å². The summed E-state index contributed by atoms with van der Waals surface area (Å²) in [7, 11) is 0. The summed E-state index contributed by atoms with van der Waals surface area (Å²) in [5.74, 6) is -5.87. The highest BCUT2D eigenvalue weighted by Crippen LogP contribution is 2.39. The van der Waals surface area contributed by atoms with Gasteiger partial charge in [0.2, 0.25) is 12.2 Å². The Bertz CT molecular complexity index is 2010. The van der Waals surface area contributed by atoms with E-state index in [0.717, 1.165) is 38.2 Å². The van der Waals surface area contributed by atoms with Crippen LogP contribution in [0.4, 0.5) is 0 Å². The fraction of sp³-hybridized carbons (Fsp3) is 0.500. The molecule has 21 heteroatoms. The minimum Gasteiger partial charge on any atom is -0.463 e. The number of ether oxygens (including phenoxy) is 10. The largest absolute Gasteiger partial charge is 0.463 e. The van der Waals surface area contributed by atoms with E-state index in [-0.39, 0.29) is 31.0 Å². The Morgan fingerprint density at radius 3 is 1.65 bits per heavy atom. The average molecular weight is 942 g/mol. The Kier molecular flexibility index (Phi) is 17.1. The predicted octanol–water partition coefficient (Wildman–Crippen LogP) is 4.42. The van der Waals surface area contributed by atoms with Gasteiger partial charge in [-0.1, -0.05) is 95.5 Å². The molecule has 0 aliphatic carbocycles. The van der Waals surface area contributed by atoms with Crippen LogP contribution in [0.2, 0.25) is 0 Å². The van der Waals surface area contributed by atoms with Crippen LogP contribution in [-0.4, -0.2) is 125 Å². The van der Waals surface area contributed by atoms with Gasteiger partial charge in [0.1, 0.15) is 37.1 Å². The molecule has 2 aromatic rings. The van der Waals surface area contributed by atoms with Crippen LogP contribution in [0.25, 0.3) is 0 Å². The number of alkyl halides is 3. The van der Waals surface area contributed by atoms with E-state index in [4.69, 9.17) is 87.6 Å². The zero-order valence-corrected chi connectivity index (χ0v) is 37.3. The molecular weight excluding hydrogens is 895 g/mol. The molecule has 63 heavy (non-hydrogen) atoms. The third-order valence-corrected chi connectivity index (χ3v) is 10.5. The van der Waals surface area contributed by atoms with Crippen molar-refractivity contribution in [3.63, 3.8) is 0 Å². The first-order valence-corrected chi connectivity index (χ1v) is 20.7. The average Bonchev–Trinajstić information content (AvgIpc) is 3.40. The molecule has 342 valence electrons. The molecule has 2 saturated heterocycles. The lowest BCUT2D eigenvalue weighted by Gasteiger charge is -2.50. The van der Waals surface area contributed by atoms with Gasteiger partial charge in [-0.05, 0) is 25.0 Å². The number of esters is 4. The summed E-state index contributed by atoms with van der Waals surface area (Å²) in [6.45, 7) is 6.14. The van der Waals surface area contributed by atoms with Crippen LogP contribution < -0.4 is 0 Å². The van der Waals surface area contributed by atoms with Gasteiger partial charge in [-0.25, -0.2) is 0 Å². The fourth-order valence-electron chi connectivity index (χ4n) is 7.06. The maximum Gasteiger partial charge on any atom is 0.303 e. The second-order valence-corrected chi connectivity index (χ2v) is 16.9. The minimum absolute atomic E-state index is 0.0341. The summed E-state index contributed by atoms with van der Waals surface area (Å²) in [6, 6.07) is 16.2. The molecule has 0 aromatic heterocycles. The monoisotopic (exact) mass is 940 g/mol. The maximum absolute atomic E-state index is 14.1. The van der Waals surface area contributed by atoms with Crippen molar-refractivity contribution < 1.29 is 76.1 Å². The van der Waals surface area contributed by atoms with Crippen molar-refractivity contribution in [3.05, 3.63) is 82.9 Å². The van der Waals surface area contributed by atoms with Gasteiger partial charge in [-0.15, -0.1) is 0 Å². The van der Waals surface area contributed by atoms with Gasteiger partial charge < -0.3 is 47.4 Å². The number of halogens is 3. The van der Waals surface area contributed by atoms with Gasteiger partial charge in [0.05, 0.1) is 19.8 Å². The van der Waals surface area contributed by atoms with Crippen molar-refractivity contribution >= 4 is 76.4 Å². The van der Waals surface area contributed by atoms with Gasteiger partial charge in [0.15, 0.2) is 24.6 Å². The van der Waals surface area contributed by atoms with Crippen LogP contribution in [0.1, 0.15) is 52.7 Å². The molecule has 2 aromatic carbocycles. The van der Waals surface area contributed by atoms with Gasteiger partial charge in [0, 0.05) is 38.8 Å². The number of benzene rings is 2. The summed E-state index contributed by atoms with van der Waals surface area (Å²) in [4.78, 5) is 78.9. The molecule has 2 amide bonds. The molecule has 18 nitrogen and oxygen atoms in total. The molecule has 0 radical (unpaired) electrons. The number of carbonyl (C=O) groups excluding carboxylic acids is 6. The van der Waals surface area contributed by atoms with E-state index in [9.17, 15) is 28.8 Å². The van der Waals surface area contributed by atoms with E-state index in [1.807, 2.05) is 18.2 Å². The normalized spacial score (nSPS) is 27.4. The molecule has 3 aliphatic rings. The Hall–Kier alpha value is -4.66. The van der Waals surface area contributed by atoms with Gasteiger partial charge in [-0.3, -0.25) is 39.1 Å². The van der Waals surface area contributed by atoms with Crippen molar-refractivity contribution in [1.82, 2.24) is 4.90 Å². The number of nitrogens with one attached hydrogen (secondary N) is 1. The van der Waals surface area contributed by atoms with Crippen LogP contribution in [0.3, 0.4) is 0 Å². The molecule has 3 aliphatic heterocycles. The molecule has 2 fully saturated rings. The van der Waals surface area contributed by atoms with Gasteiger partial charge in [0.25, 0.3) is 15.6 Å². The van der Waals surface area contributed by atoms with Crippen LogP contribution in [0.5, 0.6) is 0 Å². The molecule has 10 atom stereocenters. The Morgan fingerprint density at radius 2 is 1.13 bits per heavy atom. The first kappa shape index (κ1) is 49.4. The number of rotatable bonds is 16. The lowest BCUT2D eigenvalue weighted by Crippen LogP contribution is -2.70. The number of carbonyl (C=O) groups is 6. The fourth-order valence-corrected chi connectivity index (χ4v) is 7.20. The van der Waals surface area contributed by atoms with E-state index < -0.39 is 113 Å². The van der Waals surface area contributed by atoms with Crippen molar-refractivity contribution in [1.29, 1.82) is 5.41 Å². The molecule has 5 rings (SSSR count). The number of hydrogen-bond donors (Lipinski definition) is 1. The summed E-state index contributed by atoms with van der Waals surface area (Å²) < 4.78 is 57.8. The topological polar surface area (TPSA) is 222 Å². The molecule has 3 heterocycles. The number of imide groups is 1. The van der Waals surface area contributed by atoms with E-state index >= 15 is 0 Å². The zero-order chi connectivity index (χ0) is 46.2. The highest BCUT2D eigenvalue weighted by atomic mass is 35.6. The summed E-state index contributed by atoms with van der Waals surface area (Å²) in [5.41, 5.74) is 1.56. The molecule has 0 saturated carbocycles. The number of nitrogens with zero attached hydrogens (tertiary/aromatic N) is 1. The van der Waals surface area contributed by atoms with Crippen LogP contribution in [0.15, 0.2) is 71.8 Å². The third-order valence-electron chi connectivity index (χ3n) is 9.96. The summed E-state index contributed by atoms with van der Waals surface area (Å²) >= 11 is 18.2. The number of amides is 2.